The minimum absolute atomic E-state index is 0.0270. The van der Waals surface area contributed by atoms with Crippen LogP contribution in [0.4, 0.5) is 17.2 Å². The van der Waals surface area contributed by atoms with Crippen LogP contribution in [0.3, 0.4) is 0 Å². The summed E-state index contributed by atoms with van der Waals surface area (Å²) in [6, 6.07) is 8.78. The molecule has 122 valence electrons. The van der Waals surface area contributed by atoms with E-state index in [1.54, 1.807) is 30.5 Å². The molecule has 0 aliphatic rings. The van der Waals surface area contributed by atoms with Crippen LogP contribution in [-0.4, -0.2) is 10.9 Å². The highest BCUT2D eigenvalue weighted by molar-refractivity contribution is 6.35. The first-order valence-electron chi connectivity index (χ1n) is 7.51. The number of halogens is 2. The lowest BCUT2D eigenvalue weighted by atomic mass is 10.0. The highest BCUT2D eigenvalue weighted by Crippen LogP contribution is 2.25. The van der Waals surface area contributed by atoms with Crippen molar-refractivity contribution in [3.8, 4) is 0 Å². The molecule has 2 rings (SSSR count). The van der Waals surface area contributed by atoms with Crippen molar-refractivity contribution < 1.29 is 4.79 Å². The lowest BCUT2D eigenvalue weighted by Gasteiger charge is -2.13. The van der Waals surface area contributed by atoms with Crippen LogP contribution in [-0.2, 0) is 4.79 Å². The fourth-order valence-electron chi connectivity index (χ4n) is 2.22. The van der Waals surface area contributed by atoms with Gasteiger partial charge in [0.15, 0.2) is 0 Å². The molecule has 0 aliphatic heterocycles. The molecule has 1 heterocycles. The van der Waals surface area contributed by atoms with Crippen LogP contribution in [0.25, 0.3) is 0 Å². The molecule has 0 fully saturated rings. The number of hydrogen-bond donors (Lipinski definition) is 2. The Morgan fingerprint density at radius 2 is 1.74 bits per heavy atom. The number of benzene rings is 1. The molecule has 1 aromatic heterocycles. The summed E-state index contributed by atoms with van der Waals surface area (Å²) in [5, 5.41) is 7.10. The summed E-state index contributed by atoms with van der Waals surface area (Å²) < 4.78 is 0. The Hall–Kier alpha value is -1.78. The quantitative estimate of drug-likeness (QED) is 0.721. The van der Waals surface area contributed by atoms with Gasteiger partial charge in [0, 0.05) is 21.7 Å². The molecular formula is C17H19Cl2N3O. The molecule has 4 nitrogen and oxygen atoms in total. The first-order valence-corrected chi connectivity index (χ1v) is 8.27. The van der Waals surface area contributed by atoms with Gasteiger partial charge in [-0.15, -0.1) is 0 Å². The monoisotopic (exact) mass is 351 g/mol. The highest BCUT2D eigenvalue weighted by atomic mass is 35.5. The summed E-state index contributed by atoms with van der Waals surface area (Å²) >= 11 is 11.9. The van der Waals surface area contributed by atoms with Crippen molar-refractivity contribution in [2.24, 2.45) is 5.92 Å². The standard InChI is InChI=1S/C17H19Cl2N3O/c1-3-11(4-2)17(23)22-14-5-6-16(20-10-14)21-15-8-12(18)7-13(19)9-15/h5-11H,3-4H2,1-2H3,(H,20,21)(H,22,23). The van der Waals surface area contributed by atoms with Crippen molar-refractivity contribution in [3.63, 3.8) is 0 Å². The van der Waals surface area contributed by atoms with E-state index in [1.807, 2.05) is 19.9 Å². The molecule has 0 bridgehead atoms. The lowest BCUT2D eigenvalue weighted by Crippen LogP contribution is -2.21. The molecule has 2 N–H and O–H groups in total. The van der Waals surface area contributed by atoms with E-state index in [0.29, 0.717) is 21.6 Å². The molecular weight excluding hydrogens is 333 g/mol. The number of carbonyl (C=O) groups is 1. The number of amides is 1. The largest absolute Gasteiger partial charge is 0.340 e. The summed E-state index contributed by atoms with van der Waals surface area (Å²) in [5.41, 5.74) is 1.43. The number of nitrogens with one attached hydrogen (secondary N) is 2. The average Bonchev–Trinajstić information content (AvgIpc) is 2.49. The fraction of sp³-hybridized carbons (Fsp3) is 0.294. The van der Waals surface area contributed by atoms with Gasteiger partial charge in [-0.1, -0.05) is 37.0 Å². The molecule has 0 aliphatic carbocycles. The van der Waals surface area contributed by atoms with E-state index in [0.717, 1.165) is 18.5 Å². The van der Waals surface area contributed by atoms with Crippen molar-refractivity contribution in [1.29, 1.82) is 0 Å². The van der Waals surface area contributed by atoms with E-state index in [9.17, 15) is 4.79 Å². The van der Waals surface area contributed by atoms with Crippen LogP contribution in [0.2, 0.25) is 10.0 Å². The van der Waals surface area contributed by atoms with Crippen molar-refractivity contribution in [2.45, 2.75) is 26.7 Å². The predicted molar refractivity (Wildman–Crippen MR) is 96.7 cm³/mol. The molecule has 23 heavy (non-hydrogen) atoms. The smallest absolute Gasteiger partial charge is 0.227 e. The van der Waals surface area contributed by atoms with Gasteiger partial charge in [-0.2, -0.15) is 0 Å². The van der Waals surface area contributed by atoms with E-state index in [1.165, 1.54) is 0 Å². The van der Waals surface area contributed by atoms with Gasteiger partial charge in [-0.3, -0.25) is 4.79 Å². The van der Waals surface area contributed by atoms with E-state index in [4.69, 9.17) is 23.2 Å². The summed E-state index contributed by atoms with van der Waals surface area (Å²) in [6.07, 6.45) is 3.27. The maximum absolute atomic E-state index is 12.0. The van der Waals surface area contributed by atoms with E-state index in [2.05, 4.69) is 15.6 Å². The number of rotatable bonds is 6. The zero-order valence-corrected chi connectivity index (χ0v) is 14.6. The Morgan fingerprint density at radius 1 is 1.09 bits per heavy atom. The Kier molecular flexibility index (Phi) is 6.25. The first kappa shape index (κ1) is 17.6. The summed E-state index contributed by atoms with van der Waals surface area (Å²) in [6.45, 7) is 4.02. The van der Waals surface area contributed by atoms with Crippen LogP contribution < -0.4 is 10.6 Å². The van der Waals surface area contributed by atoms with E-state index >= 15 is 0 Å². The second kappa shape index (κ2) is 8.18. The van der Waals surface area contributed by atoms with Crippen molar-refractivity contribution in [1.82, 2.24) is 4.98 Å². The van der Waals surface area contributed by atoms with Gasteiger partial charge < -0.3 is 10.6 Å². The predicted octanol–water partition coefficient (Wildman–Crippen LogP) is 5.51. The minimum atomic E-state index is 0.0270. The minimum Gasteiger partial charge on any atom is -0.340 e. The zero-order chi connectivity index (χ0) is 16.8. The van der Waals surface area contributed by atoms with E-state index in [-0.39, 0.29) is 11.8 Å². The van der Waals surface area contributed by atoms with Gasteiger partial charge in [0.05, 0.1) is 11.9 Å². The SMILES string of the molecule is CCC(CC)C(=O)Nc1ccc(Nc2cc(Cl)cc(Cl)c2)nc1. The molecule has 6 heteroatoms. The fourth-order valence-corrected chi connectivity index (χ4v) is 2.75. The van der Waals surface area contributed by atoms with Crippen LogP contribution in [0.15, 0.2) is 36.5 Å². The van der Waals surface area contributed by atoms with Crippen molar-refractivity contribution in [2.75, 3.05) is 10.6 Å². The maximum atomic E-state index is 12.0. The second-order valence-electron chi connectivity index (χ2n) is 5.22. The topological polar surface area (TPSA) is 54.0 Å². The Morgan fingerprint density at radius 3 is 2.26 bits per heavy atom. The number of nitrogens with zero attached hydrogens (tertiary/aromatic N) is 1. The molecule has 1 amide bonds. The number of pyridine rings is 1. The maximum Gasteiger partial charge on any atom is 0.227 e. The summed E-state index contributed by atoms with van der Waals surface area (Å²) in [5.74, 6) is 0.699. The Balaban J connectivity index is 2.03. The van der Waals surface area contributed by atoms with E-state index < -0.39 is 0 Å². The van der Waals surface area contributed by atoms with Gasteiger partial charge in [-0.25, -0.2) is 4.98 Å². The van der Waals surface area contributed by atoms with Crippen LogP contribution in [0, 0.1) is 5.92 Å². The number of aromatic nitrogens is 1. The highest BCUT2D eigenvalue weighted by Gasteiger charge is 2.14. The third-order valence-electron chi connectivity index (χ3n) is 3.52. The van der Waals surface area contributed by atoms with Crippen molar-refractivity contribution >= 4 is 46.3 Å². The zero-order valence-electron chi connectivity index (χ0n) is 13.1. The molecule has 0 saturated carbocycles. The molecule has 2 aromatic rings. The van der Waals surface area contributed by atoms with Crippen LogP contribution >= 0.6 is 23.2 Å². The first-order chi connectivity index (χ1) is 11.0. The van der Waals surface area contributed by atoms with Gasteiger partial charge in [-0.05, 0) is 43.2 Å². The van der Waals surface area contributed by atoms with Gasteiger partial charge in [0.2, 0.25) is 5.91 Å². The molecule has 0 spiro atoms. The lowest BCUT2D eigenvalue weighted by molar-refractivity contribution is -0.120. The molecule has 0 radical (unpaired) electrons. The third-order valence-corrected chi connectivity index (χ3v) is 3.96. The molecule has 0 atom stereocenters. The van der Waals surface area contributed by atoms with Crippen LogP contribution in [0.1, 0.15) is 26.7 Å². The number of hydrogen-bond acceptors (Lipinski definition) is 3. The number of carbonyl (C=O) groups excluding carboxylic acids is 1. The van der Waals surface area contributed by atoms with Crippen molar-refractivity contribution in [3.05, 3.63) is 46.6 Å². The normalized spacial score (nSPS) is 10.7. The molecule has 1 aromatic carbocycles. The van der Waals surface area contributed by atoms with Gasteiger partial charge in [0.25, 0.3) is 0 Å². The molecule has 0 unspecified atom stereocenters. The summed E-state index contributed by atoms with van der Waals surface area (Å²) in [7, 11) is 0. The van der Waals surface area contributed by atoms with Crippen LogP contribution in [0.5, 0.6) is 0 Å². The number of anilines is 3. The Labute approximate surface area is 146 Å². The Bertz CT molecular complexity index is 650. The van der Waals surface area contributed by atoms with Gasteiger partial charge >= 0.3 is 0 Å². The second-order valence-corrected chi connectivity index (χ2v) is 6.09. The third kappa shape index (κ3) is 5.12. The summed E-state index contributed by atoms with van der Waals surface area (Å²) in [4.78, 5) is 16.3. The van der Waals surface area contributed by atoms with Gasteiger partial charge in [0.1, 0.15) is 5.82 Å². The average molecular weight is 352 g/mol. The molecule has 0 saturated heterocycles.